The minimum absolute atomic E-state index is 0.746. The number of hydrogen-bond acceptors (Lipinski definition) is 5. The molecule has 5 heteroatoms. The summed E-state index contributed by atoms with van der Waals surface area (Å²) in [5, 5.41) is 2.16. The third-order valence-electron chi connectivity index (χ3n) is 4.76. The highest BCUT2D eigenvalue weighted by atomic mass is 32.1. The van der Waals surface area contributed by atoms with Crippen molar-refractivity contribution in [2.45, 2.75) is 0 Å². The van der Waals surface area contributed by atoms with Crippen LogP contribution in [0.2, 0.25) is 0 Å². The molecule has 2 aromatic carbocycles. The molecule has 0 spiro atoms. The maximum absolute atomic E-state index is 5.52. The molecule has 0 bridgehead atoms. The fraction of sp³-hybridized carbons (Fsp3) is 0.182. The first-order valence-corrected chi connectivity index (χ1v) is 9.95. The fourth-order valence-electron chi connectivity index (χ4n) is 3.40. The zero-order valence-corrected chi connectivity index (χ0v) is 15.7. The van der Waals surface area contributed by atoms with Crippen LogP contribution in [0.3, 0.4) is 0 Å². The van der Waals surface area contributed by atoms with Gasteiger partial charge in [0.1, 0.15) is 10.8 Å². The Bertz CT molecular complexity index is 1100. The topological polar surface area (TPSA) is 38.2 Å². The standard InChI is InChI=1S/C22H19N3OS/c1-2-6-18-16(5-1)15-17(22(24-18)25-11-13-26-14-12-25)9-10-21-23-19-7-3-4-8-20(19)27-21/h1-10,15H,11-14H2/b10-9+. The van der Waals surface area contributed by atoms with Crippen LogP contribution in [0.1, 0.15) is 10.6 Å². The second-order valence-corrected chi connectivity index (χ2v) is 7.61. The van der Waals surface area contributed by atoms with Gasteiger partial charge in [-0.05, 0) is 36.4 Å². The number of fused-ring (bicyclic) bond motifs is 2. The first-order chi connectivity index (χ1) is 13.4. The van der Waals surface area contributed by atoms with E-state index in [0.29, 0.717) is 0 Å². The van der Waals surface area contributed by atoms with Crippen molar-refractivity contribution < 1.29 is 4.74 Å². The van der Waals surface area contributed by atoms with Crippen LogP contribution in [0.25, 0.3) is 33.3 Å². The fourth-order valence-corrected chi connectivity index (χ4v) is 4.27. The summed E-state index contributed by atoms with van der Waals surface area (Å²) >= 11 is 1.71. The number of nitrogens with zero attached hydrogens (tertiary/aromatic N) is 3. The monoisotopic (exact) mass is 373 g/mol. The van der Waals surface area contributed by atoms with Crippen molar-refractivity contribution in [2.24, 2.45) is 0 Å². The second-order valence-electron chi connectivity index (χ2n) is 6.55. The number of benzene rings is 2. The first kappa shape index (κ1) is 16.4. The molecule has 1 fully saturated rings. The van der Waals surface area contributed by atoms with Gasteiger partial charge in [0.25, 0.3) is 0 Å². The minimum atomic E-state index is 0.746. The second kappa shape index (κ2) is 7.10. The van der Waals surface area contributed by atoms with Gasteiger partial charge in [-0.3, -0.25) is 0 Å². The lowest BCUT2D eigenvalue weighted by atomic mass is 10.1. The zero-order chi connectivity index (χ0) is 18.1. The van der Waals surface area contributed by atoms with E-state index in [-0.39, 0.29) is 0 Å². The van der Waals surface area contributed by atoms with Gasteiger partial charge in [0.2, 0.25) is 0 Å². The maximum Gasteiger partial charge on any atom is 0.136 e. The highest BCUT2D eigenvalue weighted by Gasteiger charge is 2.16. The summed E-state index contributed by atoms with van der Waals surface area (Å²) in [5.41, 5.74) is 3.19. The van der Waals surface area contributed by atoms with E-state index in [1.54, 1.807) is 11.3 Å². The Kier molecular flexibility index (Phi) is 4.32. The molecule has 0 amide bonds. The zero-order valence-electron chi connectivity index (χ0n) is 14.8. The van der Waals surface area contributed by atoms with E-state index in [0.717, 1.165) is 59.1 Å². The summed E-state index contributed by atoms with van der Waals surface area (Å²) in [7, 11) is 0. The average Bonchev–Trinajstić information content (AvgIpc) is 3.15. The molecule has 4 nitrogen and oxygen atoms in total. The highest BCUT2D eigenvalue weighted by molar-refractivity contribution is 7.19. The van der Waals surface area contributed by atoms with E-state index in [1.165, 1.54) is 4.70 Å². The van der Waals surface area contributed by atoms with E-state index in [4.69, 9.17) is 14.7 Å². The highest BCUT2D eigenvalue weighted by Crippen LogP contribution is 2.28. The van der Waals surface area contributed by atoms with E-state index in [1.807, 2.05) is 12.1 Å². The van der Waals surface area contributed by atoms with E-state index >= 15 is 0 Å². The number of hydrogen-bond donors (Lipinski definition) is 0. The van der Waals surface area contributed by atoms with Gasteiger partial charge in [0.15, 0.2) is 0 Å². The molecule has 1 aliphatic rings. The molecule has 134 valence electrons. The predicted octanol–water partition coefficient (Wildman–Crippen LogP) is 4.85. The number of para-hydroxylation sites is 2. The van der Waals surface area contributed by atoms with Crippen LogP contribution in [0.5, 0.6) is 0 Å². The third-order valence-corrected chi connectivity index (χ3v) is 5.76. The smallest absolute Gasteiger partial charge is 0.136 e. The SMILES string of the molecule is C(=C\c1cc2ccccc2nc1N1CCOCC1)/c1nc2ccccc2s1. The van der Waals surface area contributed by atoms with E-state index < -0.39 is 0 Å². The lowest BCUT2D eigenvalue weighted by molar-refractivity contribution is 0.122. The van der Waals surface area contributed by atoms with Gasteiger partial charge in [0.05, 0.1) is 28.9 Å². The van der Waals surface area contributed by atoms with Crippen LogP contribution in [0.4, 0.5) is 5.82 Å². The molecule has 0 N–H and O–H groups in total. The van der Waals surface area contributed by atoms with Crippen molar-refractivity contribution in [1.29, 1.82) is 0 Å². The summed E-state index contributed by atoms with van der Waals surface area (Å²) in [6, 6.07) is 18.7. The Hall–Kier alpha value is -2.76. The van der Waals surface area contributed by atoms with Gasteiger partial charge in [-0.25, -0.2) is 9.97 Å². The van der Waals surface area contributed by atoms with Gasteiger partial charge in [0, 0.05) is 24.0 Å². The van der Waals surface area contributed by atoms with Gasteiger partial charge < -0.3 is 9.64 Å². The van der Waals surface area contributed by atoms with Crippen molar-refractivity contribution in [1.82, 2.24) is 9.97 Å². The normalized spacial score (nSPS) is 15.2. The molecule has 0 unspecified atom stereocenters. The number of rotatable bonds is 3. The van der Waals surface area contributed by atoms with Crippen LogP contribution >= 0.6 is 11.3 Å². The molecule has 0 saturated carbocycles. The van der Waals surface area contributed by atoms with Crippen LogP contribution in [-0.2, 0) is 4.74 Å². The third kappa shape index (κ3) is 3.31. The van der Waals surface area contributed by atoms with Crippen LogP contribution in [-0.4, -0.2) is 36.3 Å². The minimum Gasteiger partial charge on any atom is -0.378 e. The van der Waals surface area contributed by atoms with Crippen molar-refractivity contribution >= 4 is 50.4 Å². The predicted molar refractivity (Wildman–Crippen MR) is 113 cm³/mol. The summed E-state index contributed by atoms with van der Waals surface area (Å²) < 4.78 is 6.73. The number of ether oxygens (including phenoxy) is 1. The molecular formula is C22H19N3OS. The number of pyridine rings is 1. The molecule has 1 saturated heterocycles. The van der Waals surface area contributed by atoms with Crippen molar-refractivity contribution in [2.75, 3.05) is 31.2 Å². The van der Waals surface area contributed by atoms with Crippen LogP contribution in [0.15, 0.2) is 54.6 Å². The van der Waals surface area contributed by atoms with Crippen molar-refractivity contribution in [3.05, 3.63) is 65.2 Å². The molecule has 27 heavy (non-hydrogen) atoms. The summed E-state index contributed by atoms with van der Waals surface area (Å²) in [4.78, 5) is 12.0. The lowest BCUT2D eigenvalue weighted by Gasteiger charge is -2.29. The quantitative estimate of drug-likeness (QED) is 0.514. The Balaban J connectivity index is 1.57. The molecule has 0 atom stereocenters. The van der Waals surface area contributed by atoms with Crippen molar-refractivity contribution in [3.8, 4) is 0 Å². The number of thiazole rings is 1. The van der Waals surface area contributed by atoms with Gasteiger partial charge in [-0.1, -0.05) is 30.3 Å². The van der Waals surface area contributed by atoms with Gasteiger partial charge in [-0.15, -0.1) is 11.3 Å². The molecule has 0 aliphatic carbocycles. The average molecular weight is 373 g/mol. The summed E-state index contributed by atoms with van der Waals surface area (Å²) in [5.74, 6) is 1.02. The van der Waals surface area contributed by atoms with Crippen LogP contribution < -0.4 is 4.90 Å². The van der Waals surface area contributed by atoms with Gasteiger partial charge >= 0.3 is 0 Å². The largest absolute Gasteiger partial charge is 0.378 e. The first-order valence-electron chi connectivity index (χ1n) is 9.13. The molecule has 1 aliphatic heterocycles. The Labute approximate surface area is 161 Å². The van der Waals surface area contributed by atoms with Crippen molar-refractivity contribution in [3.63, 3.8) is 0 Å². The Morgan fingerprint density at radius 2 is 1.67 bits per heavy atom. The maximum atomic E-state index is 5.52. The Morgan fingerprint density at radius 1 is 0.889 bits per heavy atom. The Morgan fingerprint density at radius 3 is 2.52 bits per heavy atom. The molecule has 2 aromatic heterocycles. The van der Waals surface area contributed by atoms with E-state index in [9.17, 15) is 0 Å². The van der Waals surface area contributed by atoms with Crippen LogP contribution in [0, 0.1) is 0 Å². The number of aromatic nitrogens is 2. The lowest BCUT2D eigenvalue weighted by Crippen LogP contribution is -2.37. The molecule has 4 aromatic rings. The summed E-state index contributed by atoms with van der Waals surface area (Å²) in [6.07, 6.45) is 4.24. The summed E-state index contributed by atoms with van der Waals surface area (Å²) in [6.45, 7) is 3.23. The van der Waals surface area contributed by atoms with E-state index in [2.05, 4.69) is 59.5 Å². The number of anilines is 1. The molecular weight excluding hydrogens is 354 g/mol. The molecule has 3 heterocycles. The van der Waals surface area contributed by atoms with Gasteiger partial charge in [-0.2, -0.15) is 0 Å². The molecule has 0 radical (unpaired) electrons. The number of morpholine rings is 1. The molecule has 5 rings (SSSR count).